The fraction of sp³-hybridized carbons (Fsp3) is 0.625. The van der Waals surface area contributed by atoms with E-state index in [0.717, 1.165) is 24.1 Å². The van der Waals surface area contributed by atoms with Crippen LogP contribution in [0.1, 0.15) is 44.2 Å². The summed E-state index contributed by atoms with van der Waals surface area (Å²) >= 11 is 0. The summed E-state index contributed by atoms with van der Waals surface area (Å²) in [6.45, 7) is 8.01. The largest absolute Gasteiger partial charge is 0.392 e. The maximum atomic E-state index is 9.18. The molecule has 0 heterocycles. The van der Waals surface area contributed by atoms with Crippen LogP contribution in [0.5, 0.6) is 0 Å². The van der Waals surface area contributed by atoms with Crippen molar-refractivity contribution in [3.63, 3.8) is 0 Å². The summed E-state index contributed by atoms with van der Waals surface area (Å²) in [5.74, 6) is 0.753. The van der Waals surface area contributed by atoms with Gasteiger partial charge in [-0.05, 0) is 49.3 Å². The molecular formula is C16H25NO. The number of rotatable bonds is 6. The van der Waals surface area contributed by atoms with Gasteiger partial charge in [0, 0.05) is 18.3 Å². The average Bonchev–Trinajstić information content (AvgIpc) is 3.15. The summed E-state index contributed by atoms with van der Waals surface area (Å²) in [5, 5.41) is 9.18. The fourth-order valence-corrected chi connectivity index (χ4v) is 2.42. The lowest BCUT2D eigenvalue weighted by Gasteiger charge is -2.27. The molecule has 2 rings (SSSR count). The van der Waals surface area contributed by atoms with Gasteiger partial charge in [-0.3, -0.25) is 0 Å². The zero-order valence-electron chi connectivity index (χ0n) is 11.8. The molecule has 1 aliphatic carbocycles. The first-order chi connectivity index (χ1) is 8.61. The molecule has 1 N–H and O–H groups in total. The lowest BCUT2D eigenvalue weighted by molar-refractivity contribution is 0.282. The molecule has 18 heavy (non-hydrogen) atoms. The van der Waals surface area contributed by atoms with E-state index in [1.165, 1.54) is 30.5 Å². The number of aliphatic hydroxyl groups is 1. The van der Waals surface area contributed by atoms with Gasteiger partial charge in [-0.15, -0.1) is 0 Å². The first-order valence-electron chi connectivity index (χ1n) is 7.09. The Labute approximate surface area is 111 Å². The van der Waals surface area contributed by atoms with E-state index in [-0.39, 0.29) is 6.61 Å². The van der Waals surface area contributed by atoms with Crippen LogP contribution in [0.15, 0.2) is 18.2 Å². The Morgan fingerprint density at radius 3 is 2.56 bits per heavy atom. The Morgan fingerprint density at radius 2 is 2.06 bits per heavy atom. The van der Waals surface area contributed by atoms with Crippen molar-refractivity contribution in [1.29, 1.82) is 0 Å². The summed E-state index contributed by atoms with van der Waals surface area (Å²) in [6, 6.07) is 7.09. The molecule has 2 nitrogen and oxygen atoms in total. The minimum Gasteiger partial charge on any atom is -0.392 e. The second kappa shape index (κ2) is 5.75. The van der Waals surface area contributed by atoms with E-state index in [9.17, 15) is 5.11 Å². The summed E-state index contributed by atoms with van der Waals surface area (Å²) in [6.07, 6.45) is 3.91. The predicted molar refractivity (Wildman–Crippen MR) is 76.9 cm³/mol. The number of anilines is 1. The highest BCUT2D eigenvalue weighted by Crippen LogP contribution is 2.34. The van der Waals surface area contributed by atoms with Crippen LogP contribution in [0.4, 0.5) is 5.69 Å². The third-order valence-corrected chi connectivity index (χ3v) is 3.69. The van der Waals surface area contributed by atoms with Crippen molar-refractivity contribution in [3.8, 4) is 0 Å². The van der Waals surface area contributed by atoms with Crippen molar-refractivity contribution in [2.24, 2.45) is 5.92 Å². The number of benzene rings is 1. The molecule has 0 aromatic heterocycles. The second-order valence-corrected chi connectivity index (χ2v) is 5.89. The topological polar surface area (TPSA) is 23.5 Å². The van der Waals surface area contributed by atoms with Crippen molar-refractivity contribution in [1.82, 2.24) is 0 Å². The van der Waals surface area contributed by atoms with Gasteiger partial charge >= 0.3 is 0 Å². The maximum Gasteiger partial charge on any atom is 0.0681 e. The molecule has 2 heteroatoms. The molecule has 0 atom stereocenters. The lowest BCUT2D eigenvalue weighted by Crippen LogP contribution is -2.28. The zero-order valence-corrected chi connectivity index (χ0v) is 11.8. The van der Waals surface area contributed by atoms with Crippen LogP contribution in [-0.4, -0.2) is 17.7 Å². The molecule has 0 bridgehead atoms. The van der Waals surface area contributed by atoms with Crippen LogP contribution < -0.4 is 4.90 Å². The van der Waals surface area contributed by atoms with E-state index >= 15 is 0 Å². The number of hydrogen-bond acceptors (Lipinski definition) is 2. The summed E-state index contributed by atoms with van der Waals surface area (Å²) < 4.78 is 0. The lowest BCUT2D eigenvalue weighted by atomic mass is 10.1. The molecule has 1 aliphatic rings. The van der Waals surface area contributed by atoms with E-state index in [4.69, 9.17) is 0 Å². The number of hydrogen-bond donors (Lipinski definition) is 1. The third-order valence-electron chi connectivity index (χ3n) is 3.69. The van der Waals surface area contributed by atoms with Crippen molar-refractivity contribution in [3.05, 3.63) is 29.3 Å². The monoisotopic (exact) mass is 247 g/mol. The standard InChI is InChI=1S/C16H25NO/c1-12(2)8-9-17(15-5-6-15)16-7-4-14(11-18)10-13(16)3/h4,7,10,12,15,18H,5-6,8-9,11H2,1-3H3. The van der Waals surface area contributed by atoms with Crippen molar-refractivity contribution < 1.29 is 5.11 Å². The summed E-state index contributed by atoms with van der Waals surface area (Å²) in [7, 11) is 0. The Morgan fingerprint density at radius 1 is 1.33 bits per heavy atom. The summed E-state index contributed by atoms with van der Waals surface area (Å²) in [5.41, 5.74) is 3.66. The molecule has 1 aromatic carbocycles. The van der Waals surface area contributed by atoms with Gasteiger partial charge in [0.15, 0.2) is 0 Å². The Hall–Kier alpha value is -1.02. The van der Waals surface area contributed by atoms with Gasteiger partial charge in [0.1, 0.15) is 0 Å². The minimum absolute atomic E-state index is 0.135. The van der Waals surface area contributed by atoms with Crippen LogP contribution in [-0.2, 0) is 6.61 Å². The molecule has 100 valence electrons. The van der Waals surface area contributed by atoms with E-state index in [1.54, 1.807) is 0 Å². The predicted octanol–water partition coefficient (Wildman–Crippen LogP) is 3.50. The van der Waals surface area contributed by atoms with Gasteiger partial charge < -0.3 is 10.0 Å². The molecule has 0 saturated heterocycles. The molecule has 1 aromatic rings. The van der Waals surface area contributed by atoms with Gasteiger partial charge in [-0.25, -0.2) is 0 Å². The van der Waals surface area contributed by atoms with Gasteiger partial charge in [-0.2, -0.15) is 0 Å². The van der Waals surface area contributed by atoms with Crippen LogP contribution in [0.2, 0.25) is 0 Å². The quantitative estimate of drug-likeness (QED) is 0.831. The first-order valence-corrected chi connectivity index (χ1v) is 7.09. The van der Waals surface area contributed by atoms with Crippen molar-refractivity contribution >= 4 is 5.69 Å². The van der Waals surface area contributed by atoms with Crippen molar-refractivity contribution in [2.75, 3.05) is 11.4 Å². The molecule has 0 aliphatic heterocycles. The molecule has 1 fully saturated rings. The third kappa shape index (κ3) is 3.26. The highest BCUT2D eigenvalue weighted by atomic mass is 16.3. The molecule has 0 unspecified atom stereocenters. The van der Waals surface area contributed by atoms with E-state index < -0.39 is 0 Å². The van der Waals surface area contributed by atoms with E-state index in [1.807, 2.05) is 6.07 Å². The molecule has 0 spiro atoms. The number of nitrogens with zero attached hydrogens (tertiary/aromatic N) is 1. The molecule has 0 radical (unpaired) electrons. The van der Waals surface area contributed by atoms with Gasteiger partial charge in [0.05, 0.1) is 6.61 Å². The van der Waals surface area contributed by atoms with Gasteiger partial charge in [-0.1, -0.05) is 26.0 Å². The van der Waals surface area contributed by atoms with Crippen molar-refractivity contribution in [2.45, 2.75) is 52.7 Å². The average molecular weight is 247 g/mol. The fourth-order valence-electron chi connectivity index (χ4n) is 2.42. The first kappa shape index (κ1) is 13.4. The SMILES string of the molecule is Cc1cc(CO)ccc1N(CCC(C)C)C1CC1. The summed E-state index contributed by atoms with van der Waals surface area (Å²) in [4.78, 5) is 2.57. The normalized spacial score (nSPS) is 15.2. The van der Waals surface area contributed by atoms with Gasteiger partial charge in [0.25, 0.3) is 0 Å². The van der Waals surface area contributed by atoms with E-state index in [0.29, 0.717) is 0 Å². The maximum absolute atomic E-state index is 9.18. The second-order valence-electron chi connectivity index (χ2n) is 5.89. The van der Waals surface area contributed by atoms with Crippen LogP contribution >= 0.6 is 0 Å². The van der Waals surface area contributed by atoms with Crippen LogP contribution in [0, 0.1) is 12.8 Å². The Balaban J connectivity index is 2.14. The highest BCUT2D eigenvalue weighted by Gasteiger charge is 2.29. The minimum atomic E-state index is 0.135. The highest BCUT2D eigenvalue weighted by molar-refractivity contribution is 5.56. The number of aryl methyl sites for hydroxylation is 1. The molecular weight excluding hydrogens is 222 g/mol. The van der Waals surface area contributed by atoms with E-state index in [2.05, 4.69) is 37.8 Å². The Bertz CT molecular complexity index is 396. The van der Waals surface area contributed by atoms with Crippen LogP contribution in [0.25, 0.3) is 0 Å². The van der Waals surface area contributed by atoms with Gasteiger partial charge in [0.2, 0.25) is 0 Å². The molecule has 1 saturated carbocycles. The molecule has 0 amide bonds. The Kier molecular flexibility index (Phi) is 4.28. The van der Waals surface area contributed by atoms with Crippen LogP contribution in [0.3, 0.4) is 0 Å². The number of aliphatic hydroxyl groups excluding tert-OH is 1. The zero-order chi connectivity index (χ0) is 13.1. The smallest absolute Gasteiger partial charge is 0.0681 e.